The van der Waals surface area contributed by atoms with Gasteiger partial charge in [0, 0.05) is 38.6 Å². The van der Waals surface area contributed by atoms with Gasteiger partial charge in [-0.15, -0.1) is 0 Å². The number of carbonyl (C=O) groups is 1. The number of hydrogen-bond acceptors (Lipinski definition) is 5. The Hall–Kier alpha value is -3.14. The van der Waals surface area contributed by atoms with Crippen LogP contribution in [0.1, 0.15) is 22.3 Å². The predicted molar refractivity (Wildman–Crippen MR) is 88.7 cm³/mol. The van der Waals surface area contributed by atoms with Gasteiger partial charge in [-0.3, -0.25) is 9.59 Å². The molecule has 3 heterocycles. The van der Waals surface area contributed by atoms with Crippen molar-refractivity contribution in [2.24, 2.45) is 0 Å². The van der Waals surface area contributed by atoms with E-state index >= 15 is 0 Å². The molecule has 1 N–H and O–H groups in total. The maximum atomic E-state index is 12.6. The number of H-pyrrole nitrogens is 1. The van der Waals surface area contributed by atoms with Crippen LogP contribution in [0.2, 0.25) is 0 Å². The molecule has 7 nitrogen and oxygen atoms in total. The molecule has 0 aliphatic carbocycles. The summed E-state index contributed by atoms with van der Waals surface area (Å²) in [5.74, 6) is 0.382. The van der Waals surface area contributed by atoms with Crippen LogP contribution in [0.15, 0.2) is 41.5 Å². The summed E-state index contributed by atoms with van der Waals surface area (Å²) in [4.78, 5) is 34.9. The van der Waals surface area contributed by atoms with Crippen LogP contribution in [-0.4, -0.2) is 47.0 Å². The van der Waals surface area contributed by atoms with Gasteiger partial charge < -0.3 is 14.8 Å². The highest BCUT2D eigenvalue weighted by Crippen LogP contribution is 2.18. The molecule has 0 bridgehead atoms. The van der Waals surface area contributed by atoms with E-state index in [0.717, 1.165) is 6.42 Å². The Balaban J connectivity index is 1.76. The van der Waals surface area contributed by atoms with E-state index in [0.29, 0.717) is 37.6 Å². The third kappa shape index (κ3) is 3.13. The molecule has 0 spiro atoms. The molecule has 0 saturated carbocycles. The minimum Gasteiger partial charge on any atom is -0.354 e. The monoisotopic (exact) mass is 323 g/mol. The van der Waals surface area contributed by atoms with Crippen LogP contribution in [0.3, 0.4) is 0 Å². The van der Waals surface area contributed by atoms with Crippen molar-refractivity contribution in [2.45, 2.75) is 6.42 Å². The van der Waals surface area contributed by atoms with Gasteiger partial charge in [-0.1, -0.05) is 0 Å². The van der Waals surface area contributed by atoms with Crippen LogP contribution in [0.5, 0.6) is 0 Å². The lowest BCUT2D eigenvalue weighted by molar-refractivity contribution is 0.0765. The summed E-state index contributed by atoms with van der Waals surface area (Å²) in [6.45, 7) is 2.33. The van der Waals surface area contributed by atoms with Crippen LogP contribution >= 0.6 is 0 Å². The van der Waals surface area contributed by atoms with E-state index in [4.69, 9.17) is 0 Å². The van der Waals surface area contributed by atoms with Gasteiger partial charge in [0.05, 0.1) is 5.56 Å². The number of aromatic nitrogens is 2. The Bertz CT molecular complexity index is 839. The van der Waals surface area contributed by atoms with E-state index < -0.39 is 0 Å². The quantitative estimate of drug-likeness (QED) is 0.890. The molecule has 0 radical (unpaired) electrons. The fourth-order valence-corrected chi connectivity index (χ4v) is 2.83. The van der Waals surface area contributed by atoms with Gasteiger partial charge in [0.15, 0.2) is 0 Å². The second kappa shape index (κ2) is 6.96. The summed E-state index contributed by atoms with van der Waals surface area (Å²) in [5.41, 5.74) is 0.304. The minimum absolute atomic E-state index is 0.154. The fourth-order valence-electron chi connectivity index (χ4n) is 2.83. The highest BCUT2D eigenvalue weighted by molar-refractivity contribution is 5.93. The molecule has 3 rings (SSSR count). The zero-order valence-electron chi connectivity index (χ0n) is 13.1. The lowest BCUT2D eigenvalue weighted by atomic mass is 10.2. The molecule has 2 aromatic heterocycles. The molecule has 122 valence electrons. The number of amides is 1. The number of nitrogens with zero attached hydrogens (tertiary/aromatic N) is 4. The van der Waals surface area contributed by atoms with E-state index in [1.165, 1.54) is 12.3 Å². The van der Waals surface area contributed by atoms with Crippen LogP contribution < -0.4 is 10.5 Å². The minimum atomic E-state index is -0.375. The number of anilines is 1. The zero-order chi connectivity index (χ0) is 16.9. The molecule has 1 saturated heterocycles. The summed E-state index contributed by atoms with van der Waals surface area (Å²) < 4.78 is 0. The second-order valence-corrected chi connectivity index (χ2v) is 5.53. The van der Waals surface area contributed by atoms with Crippen molar-refractivity contribution in [3.63, 3.8) is 0 Å². The fraction of sp³-hybridized carbons (Fsp3) is 0.294. The van der Waals surface area contributed by atoms with Crippen LogP contribution in [0, 0.1) is 11.3 Å². The van der Waals surface area contributed by atoms with Gasteiger partial charge in [0.25, 0.3) is 11.5 Å². The number of carbonyl (C=O) groups excluding carboxylic acids is 1. The van der Waals surface area contributed by atoms with Crippen LogP contribution in [-0.2, 0) is 0 Å². The third-order valence-electron chi connectivity index (χ3n) is 4.04. The Kier molecular flexibility index (Phi) is 4.57. The zero-order valence-corrected chi connectivity index (χ0v) is 13.1. The van der Waals surface area contributed by atoms with Crippen LogP contribution in [0.4, 0.5) is 5.82 Å². The molecule has 1 aliphatic heterocycles. The first-order valence-electron chi connectivity index (χ1n) is 7.78. The van der Waals surface area contributed by atoms with E-state index in [1.807, 2.05) is 4.90 Å². The number of rotatable bonds is 2. The molecule has 1 fully saturated rings. The Morgan fingerprint density at radius 2 is 2.08 bits per heavy atom. The summed E-state index contributed by atoms with van der Waals surface area (Å²) >= 11 is 0. The molecule has 0 aromatic carbocycles. The lowest BCUT2D eigenvalue weighted by Gasteiger charge is -2.23. The molecule has 0 atom stereocenters. The topological polar surface area (TPSA) is 93.1 Å². The molecule has 0 unspecified atom stereocenters. The normalized spacial score (nSPS) is 14.8. The van der Waals surface area contributed by atoms with Crippen molar-refractivity contribution in [2.75, 3.05) is 31.1 Å². The second-order valence-electron chi connectivity index (χ2n) is 5.53. The Labute approximate surface area is 139 Å². The standard InChI is InChI=1S/C17H17N5O2/c18-12-13-4-1-6-19-15(13)21-8-3-9-22(11-10-21)17(24)14-5-2-7-20-16(14)23/h1-2,4-7H,3,8-11H2,(H,20,23). The van der Waals surface area contributed by atoms with E-state index in [9.17, 15) is 14.9 Å². The SMILES string of the molecule is N#Cc1cccnc1N1CCCN(C(=O)c2ccc[nH]c2=O)CC1. The Morgan fingerprint density at radius 3 is 2.88 bits per heavy atom. The van der Waals surface area contributed by atoms with Crippen LogP contribution in [0.25, 0.3) is 0 Å². The maximum Gasteiger partial charge on any atom is 0.260 e. The summed E-state index contributed by atoms with van der Waals surface area (Å²) in [5, 5.41) is 9.22. The van der Waals surface area contributed by atoms with E-state index in [-0.39, 0.29) is 17.0 Å². The largest absolute Gasteiger partial charge is 0.354 e. The van der Waals surface area contributed by atoms with Crippen molar-refractivity contribution in [1.29, 1.82) is 5.26 Å². The third-order valence-corrected chi connectivity index (χ3v) is 4.04. The van der Waals surface area contributed by atoms with Gasteiger partial charge in [0.1, 0.15) is 17.5 Å². The molecular weight excluding hydrogens is 306 g/mol. The first-order chi connectivity index (χ1) is 11.7. The van der Waals surface area contributed by atoms with E-state index in [2.05, 4.69) is 16.0 Å². The average molecular weight is 323 g/mol. The summed E-state index contributed by atoms with van der Waals surface area (Å²) in [6.07, 6.45) is 3.92. The first-order valence-corrected chi connectivity index (χ1v) is 7.78. The number of hydrogen-bond donors (Lipinski definition) is 1. The molecular formula is C17H17N5O2. The highest BCUT2D eigenvalue weighted by Gasteiger charge is 2.23. The lowest BCUT2D eigenvalue weighted by Crippen LogP contribution is -2.37. The van der Waals surface area contributed by atoms with Crippen molar-refractivity contribution in [1.82, 2.24) is 14.9 Å². The predicted octanol–water partition coefficient (Wildman–Crippen LogP) is 0.994. The number of nitrogens with one attached hydrogen (secondary N) is 1. The molecule has 1 amide bonds. The van der Waals surface area contributed by atoms with Crippen molar-refractivity contribution in [3.8, 4) is 6.07 Å². The average Bonchev–Trinajstić information content (AvgIpc) is 2.87. The highest BCUT2D eigenvalue weighted by atomic mass is 16.2. The number of pyridine rings is 2. The van der Waals surface area contributed by atoms with Crippen molar-refractivity contribution < 1.29 is 4.79 Å². The van der Waals surface area contributed by atoms with Gasteiger partial charge in [0.2, 0.25) is 0 Å². The van der Waals surface area contributed by atoms with Gasteiger partial charge >= 0.3 is 0 Å². The summed E-state index contributed by atoms with van der Waals surface area (Å²) in [7, 11) is 0. The molecule has 2 aromatic rings. The van der Waals surface area contributed by atoms with E-state index in [1.54, 1.807) is 29.3 Å². The molecule has 24 heavy (non-hydrogen) atoms. The maximum absolute atomic E-state index is 12.6. The smallest absolute Gasteiger partial charge is 0.260 e. The van der Waals surface area contributed by atoms with Gasteiger partial charge in [-0.25, -0.2) is 4.98 Å². The van der Waals surface area contributed by atoms with Crippen molar-refractivity contribution >= 4 is 11.7 Å². The summed E-state index contributed by atoms with van der Waals surface area (Å²) in [6, 6.07) is 8.80. The molecule has 7 heteroatoms. The molecule has 1 aliphatic rings. The van der Waals surface area contributed by atoms with Crippen molar-refractivity contribution in [3.05, 3.63) is 58.1 Å². The first kappa shape index (κ1) is 15.7. The Morgan fingerprint density at radius 1 is 1.21 bits per heavy atom. The van der Waals surface area contributed by atoms with Gasteiger partial charge in [-0.05, 0) is 30.7 Å². The van der Waals surface area contributed by atoms with Gasteiger partial charge in [-0.2, -0.15) is 5.26 Å². The number of nitriles is 1. The number of aromatic amines is 1.